The molecule has 3 amide bonds. The number of hydrogen-bond acceptors (Lipinski definition) is 6. The molecular weight excluding hydrogens is 344 g/mol. The van der Waals surface area contributed by atoms with E-state index < -0.39 is 34.9 Å². The number of nitrogens with two attached hydrogens (primary N) is 1. The fraction of sp³-hybridized carbons (Fsp3) is 0.438. The molecule has 2 rings (SSSR count). The van der Waals surface area contributed by atoms with Crippen molar-refractivity contribution in [3.05, 3.63) is 39.9 Å². The first-order valence-electron chi connectivity index (χ1n) is 7.98. The SMILES string of the molecule is CC(=O)N1C[C@H](O)C[C@H]1C(=O)N[C@@H](Cc1ccccc1[N+](=O)[O-])C(N)=O. The third kappa shape index (κ3) is 4.33. The molecule has 10 heteroatoms. The fourth-order valence-electron chi connectivity index (χ4n) is 2.98. The van der Waals surface area contributed by atoms with Crippen LogP contribution in [0.3, 0.4) is 0 Å². The van der Waals surface area contributed by atoms with Crippen molar-refractivity contribution in [1.82, 2.24) is 10.2 Å². The lowest BCUT2D eigenvalue weighted by atomic mass is 10.0. The van der Waals surface area contributed by atoms with E-state index in [0.29, 0.717) is 0 Å². The first-order chi connectivity index (χ1) is 12.2. The van der Waals surface area contributed by atoms with Gasteiger partial charge in [0.25, 0.3) is 5.69 Å². The molecule has 1 heterocycles. The van der Waals surface area contributed by atoms with E-state index in [1.165, 1.54) is 30.0 Å². The Labute approximate surface area is 149 Å². The number of carbonyl (C=O) groups is 3. The van der Waals surface area contributed by atoms with Crippen LogP contribution in [-0.2, 0) is 20.8 Å². The normalized spacial score (nSPS) is 20.5. The van der Waals surface area contributed by atoms with Crippen LogP contribution in [-0.4, -0.2) is 57.4 Å². The molecule has 4 N–H and O–H groups in total. The predicted molar refractivity (Wildman–Crippen MR) is 89.7 cm³/mol. The third-order valence-corrected chi connectivity index (χ3v) is 4.26. The number of β-amino-alcohol motifs (C(OH)–C–C–N with tert-alkyl or cyclic N) is 1. The van der Waals surface area contributed by atoms with E-state index >= 15 is 0 Å². The zero-order chi connectivity index (χ0) is 19.4. The Balaban J connectivity index is 2.16. The van der Waals surface area contributed by atoms with Crippen molar-refractivity contribution in [2.45, 2.75) is 38.0 Å². The summed E-state index contributed by atoms with van der Waals surface area (Å²) >= 11 is 0. The van der Waals surface area contributed by atoms with Crippen LogP contribution in [0.4, 0.5) is 5.69 Å². The highest BCUT2D eigenvalue weighted by Crippen LogP contribution is 2.21. The van der Waals surface area contributed by atoms with E-state index in [0.717, 1.165) is 0 Å². The molecule has 10 nitrogen and oxygen atoms in total. The lowest BCUT2D eigenvalue weighted by Gasteiger charge is -2.24. The van der Waals surface area contributed by atoms with Gasteiger partial charge in [-0.05, 0) is 0 Å². The number of nitro groups is 1. The van der Waals surface area contributed by atoms with Crippen LogP contribution in [0, 0.1) is 10.1 Å². The molecule has 0 aliphatic carbocycles. The quantitative estimate of drug-likeness (QED) is 0.438. The average Bonchev–Trinajstić information content (AvgIpc) is 2.96. The van der Waals surface area contributed by atoms with Gasteiger partial charge in [-0.1, -0.05) is 18.2 Å². The molecule has 140 valence electrons. The largest absolute Gasteiger partial charge is 0.391 e. The Morgan fingerprint density at radius 2 is 2.08 bits per heavy atom. The molecule has 0 unspecified atom stereocenters. The van der Waals surface area contributed by atoms with Crippen molar-refractivity contribution in [3.8, 4) is 0 Å². The molecule has 26 heavy (non-hydrogen) atoms. The van der Waals surface area contributed by atoms with Crippen molar-refractivity contribution >= 4 is 23.4 Å². The summed E-state index contributed by atoms with van der Waals surface area (Å²) in [6.45, 7) is 1.30. The van der Waals surface area contributed by atoms with Gasteiger partial charge in [-0.15, -0.1) is 0 Å². The summed E-state index contributed by atoms with van der Waals surface area (Å²) in [5.74, 6) is -1.88. The van der Waals surface area contributed by atoms with E-state index in [9.17, 15) is 29.6 Å². The zero-order valence-corrected chi connectivity index (χ0v) is 14.1. The predicted octanol–water partition coefficient (Wildman–Crippen LogP) is -0.911. The number of rotatable bonds is 6. The van der Waals surface area contributed by atoms with Gasteiger partial charge in [0.05, 0.1) is 11.0 Å². The lowest BCUT2D eigenvalue weighted by Crippen LogP contribution is -2.52. The minimum atomic E-state index is -1.19. The lowest BCUT2D eigenvalue weighted by molar-refractivity contribution is -0.385. The van der Waals surface area contributed by atoms with Gasteiger partial charge in [0, 0.05) is 37.9 Å². The molecular formula is C16H20N4O6. The van der Waals surface area contributed by atoms with Gasteiger partial charge in [0.15, 0.2) is 0 Å². The second-order valence-electron chi connectivity index (χ2n) is 6.13. The molecule has 3 atom stereocenters. The summed E-state index contributed by atoms with van der Waals surface area (Å²) < 4.78 is 0. The van der Waals surface area contributed by atoms with Crippen molar-refractivity contribution in [2.75, 3.05) is 6.54 Å². The second-order valence-corrected chi connectivity index (χ2v) is 6.13. The topological polar surface area (TPSA) is 156 Å². The van der Waals surface area contributed by atoms with Gasteiger partial charge >= 0.3 is 0 Å². The van der Waals surface area contributed by atoms with Crippen LogP contribution in [0.2, 0.25) is 0 Å². The Morgan fingerprint density at radius 3 is 2.65 bits per heavy atom. The van der Waals surface area contributed by atoms with Crippen LogP contribution >= 0.6 is 0 Å². The van der Waals surface area contributed by atoms with Crippen LogP contribution < -0.4 is 11.1 Å². The molecule has 0 aromatic heterocycles. The van der Waals surface area contributed by atoms with Crippen molar-refractivity contribution < 1.29 is 24.4 Å². The number of amides is 3. The first-order valence-corrected chi connectivity index (χ1v) is 7.98. The monoisotopic (exact) mass is 364 g/mol. The second kappa shape index (κ2) is 7.91. The fourth-order valence-corrected chi connectivity index (χ4v) is 2.98. The van der Waals surface area contributed by atoms with Crippen molar-refractivity contribution in [3.63, 3.8) is 0 Å². The molecule has 1 fully saturated rings. The molecule has 1 saturated heterocycles. The molecule has 1 aliphatic heterocycles. The van der Waals surface area contributed by atoms with E-state index in [-0.39, 0.29) is 36.5 Å². The molecule has 0 saturated carbocycles. The molecule has 0 spiro atoms. The number of aliphatic hydroxyl groups is 1. The molecule has 1 aliphatic rings. The third-order valence-electron chi connectivity index (χ3n) is 4.26. The van der Waals surface area contributed by atoms with E-state index in [2.05, 4.69) is 5.32 Å². The van der Waals surface area contributed by atoms with Gasteiger partial charge in [-0.3, -0.25) is 24.5 Å². The Bertz CT molecular complexity index is 737. The zero-order valence-electron chi connectivity index (χ0n) is 14.1. The summed E-state index contributed by atoms with van der Waals surface area (Å²) in [6.07, 6.45) is -0.951. The number of nitro benzene ring substituents is 1. The van der Waals surface area contributed by atoms with Gasteiger partial charge in [0.2, 0.25) is 17.7 Å². The molecule has 1 aromatic rings. The Hall–Kier alpha value is -3.01. The molecule has 0 bridgehead atoms. The van der Waals surface area contributed by atoms with Crippen LogP contribution in [0.25, 0.3) is 0 Å². The summed E-state index contributed by atoms with van der Waals surface area (Å²) in [6, 6.07) is 3.73. The first kappa shape index (κ1) is 19.3. The summed E-state index contributed by atoms with van der Waals surface area (Å²) in [4.78, 5) is 47.5. The summed E-state index contributed by atoms with van der Waals surface area (Å²) in [5, 5.41) is 23.2. The standard InChI is InChI=1S/C16H20N4O6/c1-9(21)19-8-11(22)7-14(19)16(24)18-12(15(17)23)6-10-4-2-3-5-13(10)20(25)26/h2-5,11-12,14,22H,6-8H2,1H3,(H2,17,23)(H,18,24)/t11-,12+,14+/m1/s1. The van der Waals surface area contributed by atoms with Crippen LogP contribution in [0.5, 0.6) is 0 Å². The number of likely N-dealkylation sites (tertiary alicyclic amines) is 1. The number of carbonyl (C=O) groups excluding carboxylic acids is 3. The molecule has 0 radical (unpaired) electrons. The van der Waals surface area contributed by atoms with Crippen molar-refractivity contribution in [2.24, 2.45) is 5.73 Å². The number of nitrogens with zero attached hydrogens (tertiary/aromatic N) is 2. The Kier molecular flexibility index (Phi) is 5.88. The summed E-state index contributed by atoms with van der Waals surface area (Å²) in [5.41, 5.74) is 5.39. The number of aliphatic hydroxyl groups excluding tert-OH is 1. The van der Waals surface area contributed by atoms with Gasteiger partial charge in [-0.2, -0.15) is 0 Å². The minimum Gasteiger partial charge on any atom is -0.391 e. The maximum absolute atomic E-state index is 12.5. The number of primary amides is 1. The highest BCUT2D eigenvalue weighted by atomic mass is 16.6. The number of para-hydroxylation sites is 1. The number of benzene rings is 1. The highest BCUT2D eigenvalue weighted by Gasteiger charge is 2.38. The van der Waals surface area contributed by atoms with Crippen LogP contribution in [0.15, 0.2) is 24.3 Å². The number of nitrogens with one attached hydrogen (secondary N) is 1. The highest BCUT2D eigenvalue weighted by molar-refractivity contribution is 5.91. The van der Waals surface area contributed by atoms with E-state index in [1.54, 1.807) is 6.07 Å². The maximum Gasteiger partial charge on any atom is 0.272 e. The molecule has 1 aromatic carbocycles. The van der Waals surface area contributed by atoms with Gasteiger partial charge < -0.3 is 21.1 Å². The Morgan fingerprint density at radius 1 is 1.42 bits per heavy atom. The average molecular weight is 364 g/mol. The minimum absolute atomic E-state index is 0.0266. The maximum atomic E-state index is 12.5. The smallest absolute Gasteiger partial charge is 0.272 e. The van der Waals surface area contributed by atoms with Gasteiger partial charge in [-0.25, -0.2) is 0 Å². The van der Waals surface area contributed by atoms with Crippen molar-refractivity contribution in [1.29, 1.82) is 0 Å². The summed E-state index contributed by atoms with van der Waals surface area (Å²) in [7, 11) is 0. The van der Waals surface area contributed by atoms with Gasteiger partial charge in [0.1, 0.15) is 12.1 Å². The van der Waals surface area contributed by atoms with E-state index in [1.807, 2.05) is 0 Å². The van der Waals surface area contributed by atoms with Crippen LogP contribution in [0.1, 0.15) is 18.9 Å². The number of hydrogen-bond donors (Lipinski definition) is 3. The van der Waals surface area contributed by atoms with E-state index in [4.69, 9.17) is 5.73 Å².